The Hall–Kier alpha value is -2.08. The maximum absolute atomic E-state index is 12.1. The van der Waals surface area contributed by atoms with Crippen LogP contribution in [0, 0.1) is 13.8 Å². The van der Waals surface area contributed by atoms with Gasteiger partial charge in [-0.1, -0.05) is 30.0 Å². The first-order valence-corrected chi connectivity index (χ1v) is 10.1. The van der Waals surface area contributed by atoms with Gasteiger partial charge in [0.1, 0.15) is 0 Å². The first kappa shape index (κ1) is 20.2. The molecular formula is C20H28N4OS. The lowest BCUT2D eigenvalue weighted by molar-refractivity contribution is -0.121. The molecule has 26 heavy (non-hydrogen) atoms. The number of para-hydroxylation sites is 1. The van der Waals surface area contributed by atoms with Crippen LogP contribution in [0.25, 0.3) is 0 Å². The van der Waals surface area contributed by atoms with E-state index in [4.69, 9.17) is 0 Å². The van der Waals surface area contributed by atoms with E-state index in [-0.39, 0.29) is 5.91 Å². The fourth-order valence-corrected chi connectivity index (χ4v) is 3.30. The van der Waals surface area contributed by atoms with Gasteiger partial charge in [0.15, 0.2) is 5.16 Å². The average molecular weight is 373 g/mol. The molecule has 0 saturated carbocycles. The molecule has 140 valence electrons. The summed E-state index contributed by atoms with van der Waals surface area (Å²) in [5.41, 5.74) is 4.22. The number of carbonyl (C=O) groups is 1. The van der Waals surface area contributed by atoms with Crippen molar-refractivity contribution in [3.8, 4) is 0 Å². The van der Waals surface area contributed by atoms with Crippen LogP contribution in [0.2, 0.25) is 0 Å². The fourth-order valence-electron chi connectivity index (χ4n) is 2.84. The summed E-state index contributed by atoms with van der Waals surface area (Å²) in [5.74, 6) is 0.0834. The molecule has 0 unspecified atom stereocenters. The summed E-state index contributed by atoms with van der Waals surface area (Å²) in [7, 11) is 2.07. The zero-order valence-electron chi connectivity index (χ0n) is 16.1. The van der Waals surface area contributed by atoms with Crippen molar-refractivity contribution in [2.45, 2.75) is 38.3 Å². The molecule has 2 rings (SSSR count). The molecule has 2 aromatic rings. The molecule has 0 atom stereocenters. The Morgan fingerprint density at radius 2 is 1.81 bits per heavy atom. The van der Waals surface area contributed by atoms with Crippen LogP contribution in [-0.4, -0.2) is 42.3 Å². The van der Waals surface area contributed by atoms with E-state index in [9.17, 15) is 4.79 Å². The SMILES string of the molecule is CSc1nc(C)c(CCC(=O)NCCCN(C)c2ccccc2)c(C)n1. The van der Waals surface area contributed by atoms with Crippen molar-refractivity contribution in [1.82, 2.24) is 15.3 Å². The number of hydrogen-bond donors (Lipinski definition) is 1. The maximum Gasteiger partial charge on any atom is 0.220 e. The second kappa shape index (κ2) is 10.2. The lowest BCUT2D eigenvalue weighted by atomic mass is 10.1. The van der Waals surface area contributed by atoms with E-state index in [1.165, 1.54) is 17.4 Å². The second-order valence-electron chi connectivity index (χ2n) is 6.32. The van der Waals surface area contributed by atoms with Crippen LogP contribution in [0.3, 0.4) is 0 Å². The van der Waals surface area contributed by atoms with Crippen LogP contribution in [0.5, 0.6) is 0 Å². The van der Waals surface area contributed by atoms with Gasteiger partial charge < -0.3 is 10.2 Å². The van der Waals surface area contributed by atoms with E-state index >= 15 is 0 Å². The zero-order valence-corrected chi connectivity index (χ0v) is 16.9. The van der Waals surface area contributed by atoms with Crippen molar-refractivity contribution >= 4 is 23.4 Å². The Balaban J connectivity index is 1.71. The van der Waals surface area contributed by atoms with E-state index in [0.717, 1.165) is 35.1 Å². The summed E-state index contributed by atoms with van der Waals surface area (Å²) >= 11 is 1.54. The lowest BCUT2D eigenvalue weighted by Gasteiger charge is -2.19. The minimum absolute atomic E-state index is 0.0834. The number of carbonyl (C=O) groups excluding carboxylic acids is 1. The third kappa shape index (κ3) is 6.02. The normalized spacial score (nSPS) is 10.6. The highest BCUT2D eigenvalue weighted by atomic mass is 32.2. The molecule has 1 heterocycles. The average Bonchev–Trinajstić information content (AvgIpc) is 2.64. The summed E-state index contributed by atoms with van der Waals surface area (Å²) in [5, 5.41) is 3.80. The van der Waals surface area contributed by atoms with Crippen LogP contribution in [0.15, 0.2) is 35.5 Å². The lowest BCUT2D eigenvalue weighted by Crippen LogP contribution is -2.28. The highest BCUT2D eigenvalue weighted by Gasteiger charge is 2.10. The van der Waals surface area contributed by atoms with Gasteiger partial charge in [-0.15, -0.1) is 0 Å². The highest BCUT2D eigenvalue weighted by Crippen LogP contribution is 2.17. The third-order valence-corrected chi connectivity index (χ3v) is 4.92. The monoisotopic (exact) mass is 372 g/mol. The molecule has 5 nitrogen and oxygen atoms in total. The Bertz CT molecular complexity index is 698. The second-order valence-corrected chi connectivity index (χ2v) is 7.09. The molecule has 1 N–H and O–H groups in total. The predicted octanol–water partition coefficient (Wildman–Crippen LogP) is 3.39. The number of thioether (sulfide) groups is 1. The number of rotatable bonds is 9. The third-order valence-electron chi connectivity index (χ3n) is 4.37. The molecule has 0 spiro atoms. The van der Waals surface area contributed by atoms with Crippen molar-refractivity contribution in [3.63, 3.8) is 0 Å². The smallest absolute Gasteiger partial charge is 0.220 e. The van der Waals surface area contributed by atoms with Crippen molar-refractivity contribution in [2.24, 2.45) is 0 Å². The Kier molecular flexibility index (Phi) is 7.91. The Morgan fingerprint density at radius 3 is 2.42 bits per heavy atom. The molecule has 6 heteroatoms. The molecule has 1 aromatic heterocycles. The van der Waals surface area contributed by atoms with Gasteiger partial charge in [-0.05, 0) is 50.6 Å². The maximum atomic E-state index is 12.1. The first-order chi connectivity index (χ1) is 12.5. The van der Waals surface area contributed by atoms with Gasteiger partial charge in [0.2, 0.25) is 5.91 Å². The Morgan fingerprint density at radius 1 is 1.15 bits per heavy atom. The van der Waals surface area contributed by atoms with Crippen LogP contribution >= 0.6 is 11.8 Å². The number of benzene rings is 1. The molecule has 0 aliphatic heterocycles. The van der Waals surface area contributed by atoms with Gasteiger partial charge in [0.25, 0.3) is 0 Å². The number of hydrogen-bond acceptors (Lipinski definition) is 5. The number of anilines is 1. The minimum Gasteiger partial charge on any atom is -0.375 e. The van der Waals surface area contributed by atoms with Gasteiger partial charge in [0.05, 0.1) is 0 Å². The van der Waals surface area contributed by atoms with Crippen LogP contribution in [0.4, 0.5) is 5.69 Å². The number of nitrogens with zero attached hydrogens (tertiary/aromatic N) is 3. The summed E-state index contributed by atoms with van der Waals surface area (Å²) in [6, 6.07) is 10.3. The van der Waals surface area contributed by atoms with E-state index < -0.39 is 0 Å². The molecule has 0 fully saturated rings. The first-order valence-electron chi connectivity index (χ1n) is 8.92. The topological polar surface area (TPSA) is 58.1 Å². The van der Waals surface area contributed by atoms with Gasteiger partial charge >= 0.3 is 0 Å². The van der Waals surface area contributed by atoms with Crippen molar-refractivity contribution in [2.75, 3.05) is 31.3 Å². The zero-order chi connectivity index (χ0) is 18.9. The summed E-state index contributed by atoms with van der Waals surface area (Å²) in [6.07, 6.45) is 4.04. The minimum atomic E-state index is 0.0834. The molecule has 1 aromatic carbocycles. The van der Waals surface area contributed by atoms with Gasteiger partial charge in [-0.25, -0.2) is 9.97 Å². The van der Waals surface area contributed by atoms with Crippen LogP contribution in [-0.2, 0) is 11.2 Å². The van der Waals surface area contributed by atoms with Crippen molar-refractivity contribution in [3.05, 3.63) is 47.3 Å². The molecule has 0 saturated heterocycles. The standard InChI is InChI=1S/C20H28N4OS/c1-15-18(16(2)23-20(22-15)26-4)11-12-19(25)21-13-8-14-24(3)17-9-6-5-7-10-17/h5-7,9-10H,8,11-14H2,1-4H3,(H,21,25). The Labute approximate surface area is 160 Å². The van der Waals surface area contributed by atoms with Crippen LogP contribution < -0.4 is 10.2 Å². The number of amides is 1. The molecule has 0 bridgehead atoms. The van der Waals surface area contributed by atoms with Gasteiger partial charge in [-0.3, -0.25) is 4.79 Å². The largest absolute Gasteiger partial charge is 0.375 e. The number of aryl methyl sites for hydroxylation is 2. The molecular weight excluding hydrogens is 344 g/mol. The molecule has 1 amide bonds. The quantitative estimate of drug-likeness (QED) is 0.415. The van der Waals surface area contributed by atoms with E-state index in [0.29, 0.717) is 19.4 Å². The molecule has 0 aliphatic rings. The van der Waals surface area contributed by atoms with Gasteiger partial charge in [0, 0.05) is 43.6 Å². The van der Waals surface area contributed by atoms with E-state index in [1.807, 2.05) is 38.3 Å². The summed E-state index contributed by atoms with van der Waals surface area (Å²) < 4.78 is 0. The summed E-state index contributed by atoms with van der Waals surface area (Å²) in [4.78, 5) is 23.2. The van der Waals surface area contributed by atoms with Crippen molar-refractivity contribution in [1.29, 1.82) is 0 Å². The van der Waals surface area contributed by atoms with Crippen LogP contribution in [0.1, 0.15) is 29.8 Å². The fraction of sp³-hybridized carbons (Fsp3) is 0.450. The number of nitrogens with one attached hydrogen (secondary N) is 1. The predicted molar refractivity (Wildman–Crippen MR) is 109 cm³/mol. The van der Waals surface area contributed by atoms with Crippen molar-refractivity contribution < 1.29 is 4.79 Å². The van der Waals surface area contributed by atoms with Gasteiger partial charge in [-0.2, -0.15) is 0 Å². The van der Waals surface area contributed by atoms with E-state index in [2.05, 4.69) is 39.4 Å². The molecule has 0 radical (unpaired) electrons. The van der Waals surface area contributed by atoms with E-state index in [1.54, 1.807) is 0 Å². The summed E-state index contributed by atoms with van der Waals surface area (Å²) in [6.45, 7) is 5.57. The number of aromatic nitrogens is 2. The molecule has 0 aliphatic carbocycles. The highest BCUT2D eigenvalue weighted by molar-refractivity contribution is 7.98.